The van der Waals surface area contributed by atoms with Crippen molar-refractivity contribution >= 4 is 59.7 Å². The molecular weight excluding hydrogens is 1020 g/mol. The third-order valence-electron chi connectivity index (χ3n) is 10.6. The summed E-state index contributed by atoms with van der Waals surface area (Å²) in [7, 11) is 0. The van der Waals surface area contributed by atoms with Crippen LogP contribution in [0.15, 0.2) is 133 Å². The first-order valence-electron chi connectivity index (χ1n) is 22.8. The van der Waals surface area contributed by atoms with Gasteiger partial charge in [-0.1, -0.05) is 60.7 Å². The Morgan fingerprint density at radius 2 is 1.00 bits per heavy atom. The summed E-state index contributed by atoms with van der Waals surface area (Å²) in [5.41, 5.74) is 11.7. The van der Waals surface area contributed by atoms with Crippen molar-refractivity contribution in [3.63, 3.8) is 0 Å². The number of carbonyl (C=O) groups excluding carboxylic acids is 1. The molecule has 3 aliphatic heterocycles. The molecule has 3 aliphatic rings. The minimum absolute atomic E-state index is 0. The van der Waals surface area contributed by atoms with E-state index < -0.39 is 10.7 Å². The number of hydrogen-bond donors (Lipinski definition) is 4. The SMILES string of the molecule is CCO.Cl.Cl.Nc1ccc(N2CCCNCC2)cc1.O=CO[O-].O=[N+]([O-])c1ccc(F)cc1.O=[N+]([O-])c1ccc(N2CCCN(Cc3ccccc3)CC2)cc1.[H-].[K+].[K+].c1ccc(CN2CCCNCC2)cc1. The second kappa shape index (κ2) is 44.6. The minimum atomic E-state index is -0.570. The van der Waals surface area contributed by atoms with Crippen LogP contribution in [0, 0.1) is 26.0 Å². The van der Waals surface area contributed by atoms with E-state index in [1.807, 2.05) is 30.3 Å². The molecule has 22 heteroatoms. The summed E-state index contributed by atoms with van der Waals surface area (Å²) in [5, 5.41) is 43.6. The summed E-state index contributed by atoms with van der Waals surface area (Å²) in [6, 6.07) is 40.6. The maximum atomic E-state index is 12.1. The van der Waals surface area contributed by atoms with Gasteiger partial charge in [0, 0.05) is 120 Å². The van der Waals surface area contributed by atoms with Crippen LogP contribution in [0.4, 0.5) is 32.8 Å². The van der Waals surface area contributed by atoms with E-state index in [-0.39, 0.29) is 158 Å². The smallest absolute Gasteiger partial charge is 1.00 e. The molecule has 3 fully saturated rings. The summed E-state index contributed by atoms with van der Waals surface area (Å²) >= 11 is 0. The van der Waals surface area contributed by atoms with Gasteiger partial charge < -0.3 is 42.8 Å². The first-order chi connectivity index (χ1) is 33.1. The molecule has 0 bridgehead atoms. The fraction of sp³-hybridized carbons (Fsp3) is 0.380. The Morgan fingerprint density at radius 3 is 1.47 bits per heavy atom. The van der Waals surface area contributed by atoms with Crippen molar-refractivity contribution in [2.24, 2.45) is 0 Å². The molecule has 5 aromatic carbocycles. The largest absolute Gasteiger partial charge is 1.00 e. The van der Waals surface area contributed by atoms with E-state index in [2.05, 4.69) is 102 Å². The van der Waals surface area contributed by atoms with Gasteiger partial charge in [-0.05, 0) is 105 Å². The number of anilines is 3. The molecule has 8 rings (SSSR count). The number of benzene rings is 5. The maximum Gasteiger partial charge on any atom is 1.00 e. The Morgan fingerprint density at radius 1 is 0.611 bits per heavy atom. The summed E-state index contributed by atoms with van der Waals surface area (Å²) in [6.07, 6.45) is 3.58. The predicted molar refractivity (Wildman–Crippen MR) is 280 cm³/mol. The zero-order valence-corrected chi connectivity index (χ0v) is 49.6. The van der Waals surface area contributed by atoms with Gasteiger partial charge in [-0.3, -0.25) is 34.8 Å². The van der Waals surface area contributed by atoms with Crippen LogP contribution in [0.2, 0.25) is 0 Å². The molecule has 0 radical (unpaired) electrons. The van der Waals surface area contributed by atoms with Crippen molar-refractivity contribution in [1.82, 2.24) is 20.4 Å². The van der Waals surface area contributed by atoms with Gasteiger partial charge in [0.25, 0.3) is 17.8 Å². The first-order valence-corrected chi connectivity index (χ1v) is 22.8. The van der Waals surface area contributed by atoms with Crippen LogP contribution >= 0.6 is 24.8 Å². The molecule has 0 atom stereocenters. The van der Waals surface area contributed by atoms with Crippen LogP contribution in [-0.4, -0.2) is 116 Å². The van der Waals surface area contributed by atoms with Gasteiger partial charge in [0.15, 0.2) is 0 Å². The van der Waals surface area contributed by atoms with Gasteiger partial charge in [0.05, 0.1) is 9.85 Å². The third kappa shape index (κ3) is 31.3. The summed E-state index contributed by atoms with van der Waals surface area (Å²) in [5.74, 6) is -0.467. The van der Waals surface area contributed by atoms with Gasteiger partial charge in [0.2, 0.25) is 0 Å². The number of non-ortho nitro benzene ring substituents is 2. The number of nitrogens with one attached hydrogen (secondary N) is 2. The first kappa shape index (κ1) is 71.4. The minimum Gasteiger partial charge on any atom is -1.00 e. The van der Waals surface area contributed by atoms with E-state index in [1.54, 1.807) is 19.1 Å². The maximum absolute atomic E-state index is 12.1. The third-order valence-corrected chi connectivity index (χ3v) is 10.6. The van der Waals surface area contributed by atoms with Crippen molar-refractivity contribution in [3.8, 4) is 0 Å². The molecule has 0 aromatic heterocycles. The molecule has 0 saturated carbocycles. The van der Waals surface area contributed by atoms with Crippen LogP contribution in [0.3, 0.4) is 0 Å². The molecule has 0 unspecified atom stereocenters. The Balaban J connectivity index is -0.000000867. The van der Waals surface area contributed by atoms with E-state index in [0.29, 0.717) is 0 Å². The fourth-order valence-corrected chi connectivity index (χ4v) is 7.27. The quantitative estimate of drug-likeness (QED) is 0.0404. The Hall–Kier alpha value is -2.69. The van der Waals surface area contributed by atoms with Gasteiger partial charge in [-0.2, -0.15) is 0 Å². The van der Waals surface area contributed by atoms with Crippen molar-refractivity contribution in [1.29, 1.82) is 0 Å². The number of nitrogens with zero attached hydrogens (tertiary/aromatic N) is 6. The van der Waals surface area contributed by atoms with Crippen LogP contribution < -0.4 is 134 Å². The zero-order valence-electron chi connectivity index (χ0n) is 42.8. The number of aliphatic hydroxyl groups is 1. The van der Waals surface area contributed by atoms with E-state index in [1.165, 1.54) is 49.3 Å². The number of nitrogen functional groups attached to an aromatic ring is 1. The van der Waals surface area contributed by atoms with E-state index in [0.717, 1.165) is 114 Å². The number of nitrogens with two attached hydrogens (primary N) is 1. The Bertz CT molecular complexity index is 2110. The second-order valence-corrected chi connectivity index (χ2v) is 15.7. The summed E-state index contributed by atoms with van der Waals surface area (Å²) < 4.78 is 12.1. The number of aliphatic hydroxyl groups excluding tert-OH is 1. The molecular formula is C50H70Cl2FK2N9O8. The van der Waals surface area contributed by atoms with Crippen molar-refractivity contribution in [2.45, 2.75) is 39.3 Å². The average Bonchev–Trinajstić information content (AvgIpc) is 3.90. The van der Waals surface area contributed by atoms with Gasteiger partial charge >= 0.3 is 103 Å². The van der Waals surface area contributed by atoms with E-state index >= 15 is 0 Å². The zero-order chi connectivity index (χ0) is 49.2. The molecule has 0 spiro atoms. The average molecular weight is 1090 g/mol. The number of hydrogen-bond acceptors (Lipinski definition) is 15. The number of rotatable bonds is 9. The molecule has 5 N–H and O–H groups in total. The molecule has 0 aliphatic carbocycles. The molecule has 386 valence electrons. The molecule has 3 heterocycles. The van der Waals surface area contributed by atoms with Crippen LogP contribution in [0.25, 0.3) is 0 Å². The van der Waals surface area contributed by atoms with E-state index in [9.17, 15) is 24.6 Å². The fourth-order valence-electron chi connectivity index (χ4n) is 7.27. The standard InChI is InChI=1S/C18H21N3O2.C12H18N2.C11H17N3.C6H4FNO2.C2H6O.CH2O3.2ClH.2K.H/c22-21(23)18-9-7-17(8-10-18)20-12-4-11-19(13-14-20)15-16-5-2-1-3-6-16;1-2-5-12(6-3-1)11-14-9-4-7-13-8-10-14;12-10-2-4-11(5-3-10)14-8-1-6-13-7-9-14;7-5-1-3-6(4-2-5)8(9)10;1-2-3;2-1-4-3;;;;;/h1-3,5-10H,4,11-15H2;1-3,5-6,13H,4,7-11H2;2-5,13H,1,6-9,12H2;1-4H;3H,2H2,1H3;1,3H;2*1H;;;/q;;;;;;;;2*+1;-1/p-1. The molecule has 0 amide bonds. The van der Waals surface area contributed by atoms with Crippen molar-refractivity contribution < 1.29 is 138 Å². The van der Waals surface area contributed by atoms with Gasteiger partial charge in [-0.15, -0.1) is 24.8 Å². The van der Waals surface area contributed by atoms with Gasteiger partial charge in [0.1, 0.15) is 5.82 Å². The summed E-state index contributed by atoms with van der Waals surface area (Å²) in [6.45, 7) is 17.0. The van der Waals surface area contributed by atoms with Crippen LogP contribution in [0.1, 0.15) is 38.7 Å². The predicted octanol–water partition coefficient (Wildman–Crippen LogP) is 0.989. The number of carbonyl (C=O) groups is 1. The normalized spacial score (nSPS) is 14.2. The Labute approximate surface area is 522 Å². The van der Waals surface area contributed by atoms with E-state index in [4.69, 9.17) is 20.9 Å². The van der Waals surface area contributed by atoms with Crippen molar-refractivity contribution in [3.05, 3.63) is 171 Å². The Kier molecular flexibility index (Phi) is 44.2. The number of nitro benzene ring substituents is 2. The summed E-state index contributed by atoms with van der Waals surface area (Å²) in [4.78, 5) is 40.8. The molecule has 5 aromatic rings. The molecule has 3 saturated heterocycles. The monoisotopic (exact) mass is 1090 g/mol. The van der Waals surface area contributed by atoms with Gasteiger partial charge in [-0.25, -0.2) is 4.39 Å². The van der Waals surface area contributed by atoms with Crippen LogP contribution in [-0.2, 0) is 22.8 Å². The molecule has 72 heavy (non-hydrogen) atoms. The van der Waals surface area contributed by atoms with Crippen LogP contribution in [0.5, 0.6) is 0 Å². The second-order valence-electron chi connectivity index (χ2n) is 15.7. The van der Waals surface area contributed by atoms with Crippen molar-refractivity contribution in [2.75, 3.05) is 101 Å². The molecule has 17 nitrogen and oxygen atoms in total. The number of nitro groups is 2. The topological polar surface area (TPSA) is 219 Å². The number of halogens is 3.